The van der Waals surface area contributed by atoms with E-state index >= 15 is 0 Å². The highest BCUT2D eigenvalue weighted by Gasteiger charge is 2.48. The molecule has 6 heteroatoms. The predicted molar refractivity (Wildman–Crippen MR) is 150 cm³/mol. The maximum atomic E-state index is 14.1. The molecule has 3 aromatic rings. The largest absolute Gasteiger partial charge is 0.458 e. The minimum atomic E-state index is -0.579. The fourth-order valence-electron chi connectivity index (χ4n) is 6.99. The number of nitrogens with zero attached hydrogens (tertiary/aromatic N) is 1. The number of aromatic nitrogens is 2. The molecule has 2 aliphatic carbocycles. The summed E-state index contributed by atoms with van der Waals surface area (Å²) in [4.78, 5) is 21.6. The molecule has 5 nitrogen and oxygen atoms in total. The van der Waals surface area contributed by atoms with Gasteiger partial charge >= 0.3 is 5.97 Å². The number of nitrogens with one attached hydrogen (secondary N) is 2. The fourth-order valence-corrected chi connectivity index (χ4v) is 6.99. The summed E-state index contributed by atoms with van der Waals surface area (Å²) in [7, 11) is 0. The number of ether oxygens (including phenoxy) is 1. The summed E-state index contributed by atoms with van der Waals surface area (Å²) in [5.74, 6) is 1.47. The summed E-state index contributed by atoms with van der Waals surface area (Å²) in [6.07, 6.45) is 7.19. The number of aromatic amines is 1. The first-order chi connectivity index (χ1) is 18.4. The Balaban J connectivity index is 1.26. The zero-order valence-corrected chi connectivity index (χ0v) is 23.1. The fraction of sp³-hybridized carbons (Fsp3) is 0.562. The van der Waals surface area contributed by atoms with E-state index in [0.29, 0.717) is 5.92 Å². The van der Waals surface area contributed by atoms with E-state index in [9.17, 15) is 9.18 Å². The first-order valence-corrected chi connectivity index (χ1v) is 14.5. The Bertz CT molecular complexity index is 1220. The lowest BCUT2D eigenvalue weighted by molar-refractivity contribution is -0.173. The Morgan fingerprint density at radius 1 is 1.21 bits per heavy atom. The number of halogens is 1. The number of carbonyl (C=O) groups excluding carboxylic acids is 1. The molecule has 0 aliphatic heterocycles. The molecule has 2 unspecified atom stereocenters. The van der Waals surface area contributed by atoms with Crippen LogP contribution >= 0.6 is 0 Å². The van der Waals surface area contributed by atoms with Gasteiger partial charge in [0, 0.05) is 18.8 Å². The summed E-state index contributed by atoms with van der Waals surface area (Å²) in [6.45, 7) is 8.21. The second kappa shape index (κ2) is 11.6. The number of hydrogen-bond acceptors (Lipinski definition) is 4. The Kier molecular flexibility index (Phi) is 8.18. The van der Waals surface area contributed by atoms with Crippen molar-refractivity contribution < 1.29 is 13.9 Å². The molecule has 1 heterocycles. The van der Waals surface area contributed by atoms with Crippen molar-refractivity contribution >= 4 is 17.0 Å². The van der Waals surface area contributed by atoms with Gasteiger partial charge in [-0.2, -0.15) is 0 Å². The maximum absolute atomic E-state index is 14.1. The van der Waals surface area contributed by atoms with Gasteiger partial charge in [-0.05, 0) is 92.4 Å². The summed E-state index contributed by atoms with van der Waals surface area (Å²) in [6, 6.07) is 13.3. The summed E-state index contributed by atoms with van der Waals surface area (Å²) < 4.78 is 20.7. The van der Waals surface area contributed by atoms with Gasteiger partial charge in [-0.1, -0.05) is 45.4 Å². The van der Waals surface area contributed by atoms with Gasteiger partial charge in [0.25, 0.3) is 0 Å². The van der Waals surface area contributed by atoms with Crippen LogP contribution in [0.1, 0.15) is 82.2 Å². The van der Waals surface area contributed by atoms with Gasteiger partial charge in [-0.25, -0.2) is 9.37 Å². The van der Waals surface area contributed by atoms with E-state index in [1.54, 1.807) is 12.1 Å². The standard InChI is InChI=1S/C32H42FN3O2/c1-21(2)30-26-14-13-24(33)20-23(26)15-16-32(30,38-31(37)25-9-6-8-22(25)3)17-19-34-18-7-12-29-35-27-10-4-5-11-28(27)36-29/h4-5,10-11,13-14,20-22,25,30,34H,6-9,12,15-19H2,1-3H3,(H,35,36)/t22?,25?,30-,32+/m0/s1. The van der Waals surface area contributed by atoms with E-state index < -0.39 is 5.60 Å². The normalized spacial score (nSPS) is 25.1. The smallest absolute Gasteiger partial charge is 0.309 e. The van der Waals surface area contributed by atoms with Crippen molar-refractivity contribution in [3.8, 4) is 0 Å². The molecule has 1 fully saturated rings. The minimum Gasteiger partial charge on any atom is -0.458 e. The Hall–Kier alpha value is -2.73. The lowest BCUT2D eigenvalue weighted by Gasteiger charge is -2.47. The molecule has 5 rings (SSSR count). The van der Waals surface area contributed by atoms with Gasteiger partial charge < -0.3 is 15.0 Å². The quantitative estimate of drug-likeness (QED) is 0.231. The van der Waals surface area contributed by atoms with Gasteiger partial charge in [0.05, 0.1) is 17.0 Å². The van der Waals surface area contributed by atoms with Gasteiger partial charge in [-0.3, -0.25) is 4.79 Å². The van der Waals surface area contributed by atoms with E-state index in [0.717, 1.165) is 92.4 Å². The monoisotopic (exact) mass is 519 g/mol. The van der Waals surface area contributed by atoms with Crippen LogP contribution in [-0.2, 0) is 22.4 Å². The number of benzene rings is 2. The Morgan fingerprint density at radius 2 is 2.05 bits per heavy atom. The molecular weight excluding hydrogens is 477 g/mol. The number of hydrogen-bond donors (Lipinski definition) is 2. The number of esters is 1. The summed E-state index contributed by atoms with van der Waals surface area (Å²) >= 11 is 0. The average molecular weight is 520 g/mol. The van der Waals surface area contributed by atoms with Crippen LogP contribution in [-0.4, -0.2) is 34.6 Å². The lowest BCUT2D eigenvalue weighted by Crippen LogP contribution is -2.49. The second-order valence-electron chi connectivity index (χ2n) is 11.9. The minimum absolute atomic E-state index is 0.00827. The molecular formula is C32H42FN3O2. The maximum Gasteiger partial charge on any atom is 0.309 e. The third-order valence-electron chi connectivity index (χ3n) is 8.89. The molecule has 1 aromatic heterocycles. The van der Waals surface area contributed by atoms with E-state index in [2.05, 4.69) is 42.1 Å². The number of imidazole rings is 1. The third-order valence-corrected chi connectivity index (χ3v) is 8.89. The number of para-hydroxylation sites is 2. The molecule has 1 saturated carbocycles. The predicted octanol–water partition coefficient (Wildman–Crippen LogP) is 6.72. The van der Waals surface area contributed by atoms with E-state index in [-0.39, 0.29) is 29.5 Å². The van der Waals surface area contributed by atoms with Crippen molar-refractivity contribution in [3.63, 3.8) is 0 Å². The highest BCUT2D eigenvalue weighted by Crippen LogP contribution is 2.49. The van der Waals surface area contributed by atoms with E-state index in [4.69, 9.17) is 4.74 Å². The molecule has 0 saturated heterocycles. The Labute approximate surface area is 226 Å². The first-order valence-electron chi connectivity index (χ1n) is 14.5. The van der Waals surface area contributed by atoms with Crippen LogP contribution in [0.25, 0.3) is 11.0 Å². The molecule has 0 amide bonds. The van der Waals surface area contributed by atoms with Gasteiger partial charge in [0.15, 0.2) is 0 Å². The highest BCUT2D eigenvalue weighted by molar-refractivity contribution is 5.75. The van der Waals surface area contributed by atoms with Crippen LogP contribution in [0.3, 0.4) is 0 Å². The number of H-pyrrole nitrogens is 1. The van der Waals surface area contributed by atoms with Crippen molar-refractivity contribution in [3.05, 3.63) is 65.2 Å². The molecule has 0 spiro atoms. The lowest BCUT2D eigenvalue weighted by atomic mass is 9.65. The molecule has 0 bridgehead atoms. The molecule has 0 radical (unpaired) electrons. The Morgan fingerprint density at radius 3 is 2.82 bits per heavy atom. The van der Waals surface area contributed by atoms with Crippen molar-refractivity contribution in [2.24, 2.45) is 17.8 Å². The van der Waals surface area contributed by atoms with Gasteiger partial charge in [0.1, 0.15) is 17.2 Å². The van der Waals surface area contributed by atoms with Crippen molar-refractivity contribution in [2.45, 2.75) is 83.7 Å². The number of carbonyl (C=O) groups is 1. The average Bonchev–Trinajstić information content (AvgIpc) is 3.51. The zero-order valence-electron chi connectivity index (χ0n) is 23.1. The molecule has 2 aromatic carbocycles. The van der Waals surface area contributed by atoms with Crippen molar-refractivity contribution in [1.82, 2.24) is 15.3 Å². The van der Waals surface area contributed by atoms with Crippen LogP contribution in [0.2, 0.25) is 0 Å². The molecule has 38 heavy (non-hydrogen) atoms. The first kappa shape index (κ1) is 26.9. The number of fused-ring (bicyclic) bond motifs is 2. The second-order valence-corrected chi connectivity index (χ2v) is 11.9. The third kappa shape index (κ3) is 5.66. The topological polar surface area (TPSA) is 67.0 Å². The molecule has 2 aliphatic rings. The van der Waals surface area contributed by atoms with Gasteiger partial charge in [-0.15, -0.1) is 0 Å². The van der Waals surface area contributed by atoms with Crippen molar-refractivity contribution in [1.29, 1.82) is 0 Å². The van der Waals surface area contributed by atoms with Gasteiger partial charge in [0.2, 0.25) is 0 Å². The van der Waals surface area contributed by atoms with E-state index in [1.807, 2.05) is 24.3 Å². The van der Waals surface area contributed by atoms with Crippen LogP contribution in [0.5, 0.6) is 0 Å². The summed E-state index contributed by atoms with van der Waals surface area (Å²) in [5, 5.41) is 3.61. The number of rotatable bonds is 10. The highest BCUT2D eigenvalue weighted by atomic mass is 19.1. The molecule has 4 atom stereocenters. The van der Waals surface area contributed by atoms with Crippen molar-refractivity contribution in [2.75, 3.05) is 13.1 Å². The summed E-state index contributed by atoms with van der Waals surface area (Å²) in [5.41, 5.74) is 3.71. The zero-order chi connectivity index (χ0) is 26.7. The SMILES string of the molecule is CC1CCCC1C(=O)O[C@@]1(CCNCCCc2nc3ccccc3[nH]2)CCc2cc(F)ccc2[C@@H]1C(C)C. The molecule has 2 N–H and O–H groups in total. The van der Waals surface area contributed by atoms with Crippen LogP contribution in [0.4, 0.5) is 4.39 Å². The van der Waals surface area contributed by atoms with E-state index in [1.165, 1.54) is 0 Å². The number of aryl methyl sites for hydroxylation is 2. The van der Waals surface area contributed by atoms with Crippen LogP contribution in [0.15, 0.2) is 42.5 Å². The molecule has 204 valence electrons. The van der Waals surface area contributed by atoms with Crippen LogP contribution < -0.4 is 5.32 Å². The van der Waals surface area contributed by atoms with Crippen LogP contribution in [0, 0.1) is 23.6 Å².